The van der Waals surface area contributed by atoms with Crippen LogP contribution in [0, 0.1) is 12.8 Å². The molecule has 1 N–H and O–H groups in total. The number of esters is 1. The maximum Gasteiger partial charge on any atom is 0.328 e. The van der Waals surface area contributed by atoms with Gasteiger partial charge < -0.3 is 10.1 Å². The second-order valence-electron chi connectivity index (χ2n) is 5.47. The number of aryl methyl sites for hydroxylation is 1. The van der Waals surface area contributed by atoms with Crippen molar-refractivity contribution < 1.29 is 14.3 Å². The monoisotopic (exact) mass is 348 g/mol. The summed E-state index contributed by atoms with van der Waals surface area (Å²) in [7, 11) is 0. The van der Waals surface area contributed by atoms with Crippen molar-refractivity contribution in [2.24, 2.45) is 5.92 Å². The Bertz CT molecular complexity index is 715. The molecule has 0 bridgehead atoms. The van der Waals surface area contributed by atoms with E-state index >= 15 is 0 Å². The average molecular weight is 348 g/mol. The first-order valence-electron chi connectivity index (χ1n) is 7.65. The highest BCUT2D eigenvalue weighted by Gasteiger charge is 2.27. The smallest absolute Gasteiger partial charge is 0.328 e. The molecule has 0 aliphatic carbocycles. The molecule has 0 saturated heterocycles. The fourth-order valence-electron chi connectivity index (χ4n) is 2.06. The lowest BCUT2D eigenvalue weighted by atomic mass is 10.0. The van der Waals surface area contributed by atoms with Crippen LogP contribution in [0.3, 0.4) is 0 Å². The van der Waals surface area contributed by atoms with Crippen molar-refractivity contribution in [3.05, 3.63) is 29.2 Å². The summed E-state index contributed by atoms with van der Waals surface area (Å²) in [5.41, 5.74) is 1.19. The fourth-order valence-corrected chi connectivity index (χ4v) is 2.99. The van der Waals surface area contributed by atoms with Gasteiger partial charge in [-0.05, 0) is 19.8 Å². The molecule has 24 heavy (non-hydrogen) atoms. The van der Waals surface area contributed by atoms with Crippen LogP contribution in [0.2, 0.25) is 0 Å². The zero-order valence-corrected chi connectivity index (χ0v) is 14.9. The van der Waals surface area contributed by atoms with Crippen LogP contribution in [0.1, 0.15) is 36.1 Å². The van der Waals surface area contributed by atoms with Gasteiger partial charge in [0.15, 0.2) is 0 Å². The van der Waals surface area contributed by atoms with Crippen molar-refractivity contribution in [1.29, 1.82) is 0 Å². The number of nitrogens with zero attached hydrogens (tertiary/aromatic N) is 3. The summed E-state index contributed by atoms with van der Waals surface area (Å²) >= 11 is 1.22. The summed E-state index contributed by atoms with van der Waals surface area (Å²) in [6.07, 6.45) is 4.74. The van der Waals surface area contributed by atoms with Gasteiger partial charge in [-0.25, -0.2) is 9.78 Å². The molecule has 0 spiro atoms. The van der Waals surface area contributed by atoms with Crippen LogP contribution in [-0.2, 0) is 9.53 Å². The molecule has 0 fully saturated rings. The average Bonchev–Trinajstić information content (AvgIpc) is 2.95. The SMILES string of the molecule is CCOC(=O)C(NC(=O)c1sc(-c2cnccn2)nc1C)C(C)C. The highest BCUT2D eigenvalue weighted by molar-refractivity contribution is 7.17. The van der Waals surface area contributed by atoms with Gasteiger partial charge in [0.2, 0.25) is 0 Å². The molecule has 0 aliphatic rings. The van der Waals surface area contributed by atoms with Crippen molar-refractivity contribution in [2.45, 2.75) is 33.7 Å². The van der Waals surface area contributed by atoms with Crippen molar-refractivity contribution in [1.82, 2.24) is 20.3 Å². The van der Waals surface area contributed by atoms with Crippen LogP contribution >= 0.6 is 11.3 Å². The Morgan fingerprint density at radius 3 is 2.67 bits per heavy atom. The molecule has 1 atom stereocenters. The van der Waals surface area contributed by atoms with Gasteiger partial charge in [-0.3, -0.25) is 14.8 Å². The van der Waals surface area contributed by atoms with Crippen LogP contribution in [0.15, 0.2) is 18.6 Å². The standard InChI is InChI=1S/C16H20N4O3S/c1-5-23-16(22)12(9(2)3)20-14(21)13-10(4)19-15(24-13)11-8-17-6-7-18-11/h6-9,12H,5H2,1-4H3,(H,20,21). The first-order valence-corrected chi connectivity index (χ1v) is 8.47. The molecular formula is C16H20N4O3S. The largest absolute Gasteiger partial charge is 0.464 e. The lowest BCUT2D eigenvalue weighted by Gasteiger charge is -2.20. The van der Waals surface area contributed by atoms with Gasteiger partial charge in [-0.2, -0.15) is 0 Å². The van der Waals surface area contributed by atoms with Crippen LogP contribution in [0.5, 0.6) is 0 Å². The van der Waals surface area contributed by atoms with Crippen LogP contribution < -0.4 is 5.32 Å². The quantitative estimate of drug-likeness (QED) is 0.805. The summed E-state index contributed by atoms with van der Waals surface area (Å²) < 4.78 is 5.02. The van der Waals surface area contributed by atoms with E-state index in [2.05, 4.69) is 20.3 Å². The van der Waals surface area contributed by atoms with Gasteiger partial charge in [-0.15, -0.1) is 11.3 Å². The van der Waals surface area contributed by atoms with E-state index in [0.717, 1.165) is 0 Å². The van der Waals surface area contributed by atoms with Gasteiger partial charge in [0.1, 0.15) is 21.6 Å². The number of carbonyl (C=O) groups excluding carboxylic acids is 2. The molecule has 2 heterocycles. The molecule has 2 aromatic rings. The van der Waals surface area contributed by atoms with Crippen LogP contribution in [-0.4, -0.2) is 39.5 Å². The van der Waals surface area contributed by atoms with E-state index in [1.807, 2.05) is 13.8 Å². The lowest BCUT2D eigenvalue weighted by Crippen LogP contribution is -2.45. The molecule has 0 radical (unpaired) electrons. The van der Waals surface area contributed by atoms with Crippen molar-refractivity contribution in [3.63, 3.8) is 0 Å². The topological polar surface area (TPSA) is 94.1 Å². The van der Waals surface area contributed by atoms with Crippen LogP contribution in [0.25, 0.3) is 10.7 Å². The first-order chi connectivity index (χ1) is 11.4. The zero-order chi connectivity index (χ0) is 17.7. The number of hydrogen-bond donors (Lipinski definition) is 1. The van der Waals surface area contributed by atoms with E-state index < -0.39 is 12.0 Å². The van der Waals surface area contributed by atoms with Crippen molar-refractivity contribution >= 4 is 23.2 Å². The highest BCUT2D eigenvalue weighted by atomic mass is 32.1. The summed E-state index contributed by atoms with van der Waals surface area (Å²) in [6.45, 7) is 7.46. The second-order valence-corrected chi connectivity index (χ2v) is 6.47. The number of amides is 1. The molecule has 8 heteroatoms. The Hall–Kier alpha value is -2.35. The van der Waals surface area contributed by atoms with Crippen molar-refractivity contribution in [3.8, 4) is 10.7 Å². The van der Waals surface area contributed by atoms with Gasteiger partial charge in [0.25, 0.3) is 5.91 Å². The van der Waals surface area contributed by atoms with E-state index in [4.69, 9.17) is 4.74 Å². The number of nitrogens with one attached hydrogen (secondary N) is 1. The Kier molecular flexibility index (Phi) is 5.97. The predicted octanol–water partition coefficient (Wildman–Crippen LogP) is 2.23. The molecule has 1 amide bonds. The number of hydrogen-bond acceptors (Lipinski definition) is 7. The molecule has 2 aromatic heterocycles. The van der Waals surface area contributed by atoms with Crippen molar-refractivity contribution in [2.75, 3.05) is 6.61 Å². The summed E-state index contributed by atoms with van der Waals surface area (Å²) in [6, 6.07) is -0.695. The molecule has 0 aromatic carbocycles. The summed E-state index contributed by atoms with van der Waals surface area (Å²) in [4.78, 5) is 37.6. The van der Waals surface area contributed by atoms with E-state index in [0.29, 0.717) is 21.3 Å². The zero-order valence-electron chi connectivity index (χ0n) is 14.1. The molecule has 128 valence electrons. The Morgan fingerprint density at radius 1 is 1.33 bits per heavy atom. The maximum absolute atomic E-state index is 12.5. The maximum atomic E-state index is 12.5. The fraction of sp³-hybridized carbons (Fsp3) is 0.438. The minimum atomic E-state index is -0.695. The Morgan fingerprint density at radius 2 is 2.08 bits per heavy atom. The molecule has 7 nitrogen and oxygen atoms in total. The minimum absolute atomic E-state index is 0.0827. The normalized spacial score (nSPS) is 12.0. The van der Waals surface area contributed by atoms with E-state index in [1.165, 1.54) is 11.3 Å². The molecule has 2 rings (SSSR count). The van der Waals surface area contributed by atoms with E-state index in [9.17, 15) is 9.59 Å². The third-order valence-corrected chi connectivity index (χ3v) is 4.46. The number of aromatic nitrogens is 3. The molecule has 0 aliphatic heterocycles. The summed E-state index contributed by atoms with van der Waals surface area (Å²) in [5.74, 6) is -0.857. The molecular weight excluding hydrogens is 328 g/mol. The third kappa shape index (κ3) is 4.14. The third-order valence-electron chi connectivity index (χ3n) is 3.28. The summed E-state index contributed by atoms with van der Waals surface area (Å²) in [5, 5.41) is 3.36. The van der Waals surface area contributed by atoms with Crippen LogP contribution in [0.4, 0.5) is 0 Å². The number of ether oxygens (including phenoxy) is 1. The Labute approximate surface area is 144 Å². The van der Waals surface area contributed by atoms with E-state index in [1.54, 1.807) is 32.4 Å². The van der Waals surface area contributed by atoms with Gasteiger partial charge >= 0.3 is 5.97 Å². The number of carbonyl (C=O) groups is 2. The minimum Gasteiger partial charge on any atom is -0.464 e. The molecule has 1 unspecified atom stereocenters. The highest BCUT2D eigenvalue weighted by Crippen LogP contribution is 2.26. The number of thiazole rings is 1. The second kappa shape index (κ2) is 7.96. The van der Waals surface area contributed by atoms with Gasteiger partial charge in [-0.1, -0.05) is 13.8 Å². The number of rotatable bonds is 6. The van der Waals surface area contributed by atoms with E-state index in [-0.39, 0.29) is 18.4 Å². The first kappa shape index (κ1) is 18.0. The predicted molar refractivity (Wildman–Crippen MR) is 90.6 cm³/mol. The molecule has 0 saturated carbocycles. The Balaban J connectivity index is 2.20. The lowest BCUT2D eigenvalue weighted by molar-refractivity contribution is -0.146. The van der Waals surface area contributed by atoms with Gasteiger partial charge in [0.05, 0.1) is 18.5 Å². The van der Waals surface area contributed by atoms with Gasteiger partial charge in [0, 0.05) is 12.4 Å².